The van der Waals surface area contributed by atoms with Crippen LogP contribution in [-0.4, -0.2) is 35.7 Å². The van der Waals surface area contributed by atoms with Gasteiger partial charge in [-0.2, -0.15) is 0 Å². The Labute approximate surface area is 92.4 Å². The van der Waals surface area contributed by atoms with Crippen LogP contribution in [0.15, 0.2) is 0 Å². The lowest BCUT2D eigenvalue weighted by Gasteiger charge is -2.25. The van der Waals surface area contributed by atoms with Gasteiger partial charge in [-0.15, -0.1) is 0 Å². The number of nitrogens with one attached hydrogen (secondary N) is 2. The molecule has 0 saturated carbocycles. The zero-order valence-electron chi connectivity index (χ0n) is 10.3. The van der Waals surface area contributed by atoms with E-state index in [0.29, 0.717) is 19.0 Å². The average molecular weight is 216 g/mol. The Bertz CT molecular complexity index is 193. The Morgan fingerprint density at radius 3 is 2.53 bits per heavy atom. The molecule has 0 rings (SSSR count). The molecule has 0 bridgehead atoms. The third-order valence-corrected chi connectivity index (χ3v) is 2.44. The van der Waals surface area contributed by atoms with Gasteiger partial charge in [0.2, 0.25) is 5.91 Å². The summed E-state index contributed by atoms with van der Waals surface area (Å²) in [5.41, 5.74) is -0.330. The maximum Gasteiger partial charge on any atom is 0.234 e. The first-order valence-electron chi connectivity index (χ1n) is 5.56. The van der Waals surface area contributed by atoms with Crippen molar-refractivity contribution in [3.05, 3.63) is 0 Å². The van der Waals surface area contributed by atoms with Crippen molar-refractivity contribution in [2.45, 2.75) is 52.1 Å². The standard InChI is InChI=1S/C11H24N2O2/c1-5-9(2)12-8-10(15)13-11(3,4)6-7-14/h9,12,14H,5-8H2,1-4H3,(H,13,15). The molecule has 15 heavy (non-hydrogen) atoms. The van der Waals surface area contributed by atoms with Gasteiger partial charge in [0.15, 0.2) is 0 Å². The largest absolute Gasteiger partial charge is 0.396 e. The first-order chi connectivity index (χ1) is 6.91. The summed E-state index contributed by atoms with van der Waals surface area (Å²) in [6.45, 7) is 8.36. The molecule has 4 heteroatoms. The van der Waals surface area contributed by atoms with Crippen molar-refractivity contribution in [2.75, 3.05) is 13.2 Å². The molecule has 4 nitrogen and oxygen atoms in total. The number of aliphatic hydroxyl groups excluding tert-OH is 1. The van der Waals surface area contributed by atoms with Gasteiger partial charge in [0.1, 0.15) is 0 Å². The van der Waals surface area contributed by atoms with Gasteiger partial charge in [0.25, 0.3) is 0 Å². The zero-order valence-corrected chi connectivity index (χ0v) is 10.3. The Balaban J connectivity index is 3.82. The summed E-state index contributed by atoms with van der Waals surface area (Å²) >= 11 is 0. The number of carbonyl (C=O) groups excluding carboxylic acids is 1. The topological polar surface area (TPSA) is 61.4 Å². The molecule has 0 fully saturated rings. The van der Waals surface area contributed by atoms with Crippen LogP contribution in [0.2, 0.25) is 0 Å². The molecule has 1 unspecified atom stereocenters. The van der Waals surface area contributed by atoms with Crippen LogP contribution in [0.4, 0.5) is 0 Å². The fraction of sp³-hybridized carbons (Fsp3) is 0.909. The molecule has 1 amide bonds. The Morgan fingerprint density at radius 2 is 2.07 bits per heavy atom. The number of rotatable bonds is 7. The van der Waals surface area contributed by atoms with Crippen LogP contribution >= 0.6 is 0 Å². The molecule has 0 aliphatic rings. The van der Waals surface area contributed by atoms with Gasteiger partial charge in [-0.3, -0.25) is 4.79 Å². The zero-order chi connectivity index (χ0) is 11.9. The second kappa shape index (κ2) is 6.80. The first kappa shape index (κ1) is 14.4. The average Bonchev–Trinajstić information content (AvgIpc) is 2.13. The van der Waals surface area contributed by atoms with Crippen molar-refractivity contribution in [1.29, 1.82) is 0 Å². The molecule has 90 valence electrons. The second-order valence-electron chi connectivity index (χ2n) is 4.60. The molecule has 0 spiro atoms. The predicted octanol–water partition coefficient (Wildman–Crippen LogP) is 0.652. The van der Waals surface area contributed by atoms with E-state index in [0.717, 1.165) is 6.42 Å². The van der Waals surface area contributed by atoms with Gasteiger partial charge >= 0.3 is 0 Å². The lowest BCUT2D eigenvalue weighted by molar-refractivity contribution is -0.122. The van der Waals surface area contributed by atoms with Gasteiger partial charge in [-0.25, -0.2) is 0 Å². The van der Waals surface area contributed by atoms with Crippen molar-refractivity contribution in [1.82, 2.24) is 10.6 Å². The summed E-state index contributed by atoms with van der Waals surface area (Å²) in [7, 11) is 0. The molecule has 0 radical (unpaired) electrons. The van der Waals surface area contributed by atoms with Gasteiger partial charge in [0.05, 0.1) is 6.54 Å². The lowest BCUT2D eigenvalue weighted by Crippen LogP contribution is -2.48. The maximum absolute atomic E-state index is 11.5. The van der Waals surface area contributed by atoms with Crippen LogP contribution in [0.5, 0.6) is 0 Å². The normalized spacial score (nSPS) is 13.7. The summed E-state index contributed by atoms with van der Waals surface area (Å²) < 4.78 is 0. The van der Waals surface area contributed by atoms with Crippen molar-refractivity contribution in [2.24, 2.45) is 0 Å². The number of amides is 1. The van der Waals surface area contributed by atoms with E-state index in [1.54, 1.807) is 0 Å². The van der Waals surface area contributed by atoms with E-state index in [2.05, 4.69) is 17.6 Å². The van der Waals surface area contributed by atoms with Crippen LogP contribution < -0.4 is 10.6 Å². The Hall–Kier alpha value is -0.610. The molecule has 3 N–H and O–H groups in total. The second-order valence-corrected chi connectivity index (χ2v) is 4.60. The monoisotopic (exact) mass is 216 g/mol. The van der Waals surface area contributed by atoms with Crippen LogP contribution in [0.1, 0.15) is 40.5 Å². The van der Waals surface area contributed by atoms with E-state index < -0.39 is 0 Å². The fourth-order valence-corrected chi connectivity index (χ4v) is 1.17. The van der Waals surface area contributed by atoms with E-state index >= 15 is 0 Å². The Morgan fingerprint density at radius 1 is 1.47 bits per heavy atom. The SMILES string of the molecule is CCC(C)NCC(=O)NC(C)(C)CCO. The fourth-order valence-electron chi connectivity index (χ4n) is 1.17. The van der Waals surface area contributed by atoms with Crippen molar-refractivity contribution >= 4 is 5.91 Å². The predicted molar refractivity (Wildman–Crippen MR) is 61.7 cm³/mol. The summed E-state index contributed by atoms with van der Waals surface area (Å²) in [6.07, 6.45) is 1.58. The van der Waals surface area contributed by atoms with Crippen LogP contribution in [0, 0.1) is 0 Å². The van der Waals surface area contributed by atoms with E-state index in [4.69, 9.17) is 5.11 Å². The first-order valence-corrected chi connectivity index (χ1v) is 5.56. The summed E-state index contributed by atoms with van der Waals surface area (Å²) in [6, 6.07) is 0.358. The number of carbonyl (C=O) groups is 1. The number of hydrogen-bond acceptors (Lipinski definition) is 3. The molecule has 0 saturated heterocycles. The molecule has 1 atom stereocenters. The van der Waals surface area contributed by atoms with Crippen molar-refractivity contribution < 1.29 is 9.90 Å². The van der Waals surface area contributed by atoms with E-state index in [-0.39, 0.29) is 18.1 Å². The van der Waals surface area contributed by atoms with Crippen LogP contribution in [0.3, 0.4) is 0 Å². The molecular formula is C11H24N2O2. The Kier molecular flexibility index (Phi) is 6.52. The lowest BCUT2D eigenvalue weighted by atomic mass is 10.0. The highest BCUT2D eigenvalue weighted by Gasteiger charge is 2.19. The number of hydrogen-bond donors (Lipinski definition) is 3. The van der Waals surface area contributed by atoms with Crippen molar-refractivity contribution in [3.8, 4) is 0 Å². The van der Waals surface area contributed by atoms with E-state index in [9.17, 15) is 4.79 Å². The van der Waals surface area contributed by atoms with Gasteiger partial charge in [-0.05, 0) is 33.6 Å². The molecule has 0 heterocycles. The van der Waals surface area contributed by atoms with E-state index in [1.807, 2.05) is 20.8 Å². The molecular weight excluding hydrogens is 192 g/mol. The molecule has 0 aliphatic carbocycles. The minimum atomic E-state index is -0.330. The van der Waals surface area contributed by atoms with Gasteiger partial charge in [-0.1, -0.05) is 6.92 Å². The van der Waals surface area contributed by atoms with Gasteiger partial charge in [0, 0.05) is 18.2 Å². The third kappa shape index (κ3) is 7.33. The van der Waals surface area contributed by atoms with Crippen LogP contribution in [0.25, 0.3) is 0 Å². The molecule has 0 aromatic rings. The van der Waals surface area contributed by atoms with Gasteiger partial charge < -0.3 is 15.7 Å². The van der Waals surface area contributed by atoms with Crippen molar-refractivity contribution in [3.63, 3.8) is 0 Å². The quantitative estimate of drug-likeness (QED) is 0.585. The number of aliphatic hydroxyl groups is 1. The minimum Gasteiger partial charge on any atom is -0.396 e. The third-order valence-electron chi connectivity index (χ3n) is 2.44. The summed E-state index contributed by atoms with van der Waals surface area (Å²) in [5.74, 6) is -0.0197. The highest BCUT2D eigenvalue weighted by molar-refractivity contribution is 5.78. The molecule has 0 aromatic heterocycles. The summed E-state index contributed by atoms with van der Waals surface area (Å²) in [4.78, 5) is 11.5. The highest BCUT2D eigenvalue weighted by atomic mass is 16.3. The van der Waals surface area contributed by atoms with Crippen LogP contribution in [-0.2, 0) is 4.79 Å². The molecule has 0 aliphatic heterocycles. The minimum absolute atomic E-state index is 0.0197. The highest BCUT2D eigenvalue weighted by Crippen LogP contribution is 2.06. The van der Waals surface area contributed by atoms with E-state index in [1.165, 1.54) is 0 Å². The maximum atomic E-state index is 11.5. The smallest absolute Gasteiger partial charge is 0.234 e. The molecule has 0 aromatic carbocycles. The summed E-state index contributed by atoms with van der Waals surface area (Å²) in [5, 5.41) is 14.8.